The van der Waals surface area contributed by atoms with Gasteiger partial charge in [0.05, 0.1) is 18.9 Å². The number of carbonyl (C=O) groups excluding carboxylic acids is 1. The van der Waals surface area contributed by atoms with Gasteiger partial charge in [0.2, 0.25) is 0 Å². The van der Waals surface area contributed by atoms with E-state index in [0.29, 0.717) is 22.8 Å². The SMILES string of the molecule is COc1cc(N)ccc1C(=O)Nc1ccn[nH]1. The molecule has 0 unspecified atom stereocenters. The van der Waals surface area contributed by atoms with Crippen LogP contribution in [0.4, 0.5) is 11.5 Å². The van der Waals surface area contributed by atoms with Crippen molar-refractivity contribution in [3.63, 3.8) is 0 Å². The van der Waals surface area contributed by atoms with E-state index in [2.05, 4.69) is 15.5 Å². The summed E-state index contributed by atoms with van der Waals surface area (Å²) in [4.78, 5) is 11.9. The molecule has 0 atom stereocenters. The van der Waals surface area contributed by atoms with E-state index in [-0.39, 0.29) is 5.91 Å². The van der Waals surface area contributed by atoms with Crippen LogP contribution in [0.3, 0.4) is 0 Å². The van der Waals surface area contributed by atoms with Gasteiger partial charge in [-0.05, 0) is 12.1 Å². The minimum absolute atomic E-state index is 0.286. The summed E-state index contributed by atoms with van der Waals surface area (Å²) >= 11 is 0. The van der Waals surface area contributed by atoms with Crippen molar-refractivity contribution in [3.8, 4) is 5.75 Å². The number of nitrogens with two attached hydrogens (primary N) is 1. The number of aromatic nitrogens is 2. The lowest BCUT2D eigenvalue weighted by molar-refractivity contribution is 0.102. The average molecular weight is 232 g/mol. The maximum atomic E-state index is 11.9. The zero-order valence-electron chi connectivity index (χ0n) is 9.23. The number of nitrogen functional groups attached to an aromatic ring is 1. The van der Waals surface area contributed by atoms with Gasteiger partial charge in [-0.1, -0.05) is 0 Å². The normalized spacial score (nSPS) is 9.94. The molecule has 0 fully saturated rings. The van der Waals surface area contributed by atoms with E-state index in [0.717, 1.165) is 0 Å². The highest BCUT2D eigenvalue weighted by Gasteiger charge is 2.12. The molecule has 0 spiro atoms. The maximum absolute atomic E-state index is 11.9. The summed E-state index contributed by atoms with van der Waals surface area (Å²) in [6.07, 6.45) is 1.55. The van der Waals surface area contributed by atoms with E-state index < -0.39 is 0 Å². The van der Waals surface area contributed by atoms with Crippen LogP contribution >= 0.6 is 0 Å². The molecular weight excluding hydrogens is 220 g/mol. The molecule has 2 rings (SSSR count). The Morgan fingerprint density at radius 3 is 2.94 bits per heavy atom. The number of anilines is 2. The second-order valence-electron chi connectivity index (χ2n) is 3.38. The molecule has 17 heavy (non-hydrogen) atoms. The molecule has 0 saturated carbocycles. The first kappa shape index (κ1) is 11.0. The predicted molar refractivity (Wildman–Crippen MR) is 63.9 cm³/mol. The molecule has 6 nitrogen and oxygen atoms in total. The fourth-order valence-electron chi connectivity index (χ4n) is 1.41. The summed E-state index contributed by atoms with van der Waals surface area (Å²) in [7, 11) is 1.49. The Kier molecular flexibility index (Phi) is 2.95. The van der Waals surface area contributed by atoms with Crippen LogP contribution in [0, 0.1) is 0 Å². The van der Waals surface area contributed by atoms with E-state index in [4.69, 9.17) is 10.5 Å². The Morgan fingerprint density at radius 2 is 2.29 bits per heavy atom. The molecule has 1 aromatic heterocycles. The molecule has 1 aromatic carbocycles. The summed E-state index contributed by atoms with van der Waals surface area (Å²) in [5, 5.41) is 9.03. The number of methoxy groups -OCH3 is 1. The lowest BCUT2D eigenvalue weighted by Crippen LogP contribution is -2.13. The summed E-state index contributed by atoms with van der Waals surface area (Å²) in [6.45, 7) is 0. The third kappa shape index (κ3) is 2.36. The topological polar surface area (TPSA) is 93.0 Å². The number of rotatable bonds is 3. The van der Waals surface area contributed by atoms with Crippen LogP contribution in [-0.4, -0.2) is 23.2 Å². The van der Waals surface area contributed by atoms with Gasteiger partial charge in [-0.3, -0.25) is 9.89 Å². The molecule has 88 valence electrons. The minimum atomic E-state index is -0.286. The molecule has 0 radical (unpaired) electrons. The van der Waals surface area contributed by atoms with Gasteiger partial charge in [-0.15, -0.1) is 0 Å². The van der Waals surface area contributed by atoms with Crippen LogP contribution in [-0.2, 0) is 0 Å². The summed E-state index contributed by atoms with van der Waals surface area (Å²) < 4.78 is 5.10. The quantitative estimate of drug-likeness (QED) is 0.694. The van der Waals surface area contributed by atoms with Crippen LogP contribution in [0.25, 0.3) is 0 Å². The summed E-state index contributed by atoms with van der Waals surface area (Å²) in [6, 6.07) is 6.51. The summed E-state index contributed by atoms with van der Waals surface area (Å²) in [5.41, 5.74) is 6.57. The molecular formula is C11H12N4O2. The monoisotopic (exact) mass is 232 g/mol. The van der Waals surface area contributed by atoms with Crippen LogP contribution in [0.1, 0.15) is 10.4 Å². The maximum Gasteiger partial charge on any atom is 0.260 e. The van der Waals surface area contributed by atoms with Crippen molar-refractivity contribution in [3.05, 3.63) is 36.0 Å². The van der Waals surface area contributed by atoms with E-state index >= 15 is 0 Å². The van der Waals surface area contributed by atoms with Crippen molar-refractivity contribution in [1.29, 1.82) is 0 Å². The largest absolute Gasteiger partial charge is 0.496 e. The highest BCUT2D eigenvalue weighted by Crippen LogP contribution is 2.22. The second-order valence-corrected chi connectivity index (χ2v) is 3.38. The van der Waals surface area contributed by atoms with Gasteiger partial charge >= 0.3 is 0 Å². The van der Waals surface area contributed by atoms with Crippen LogP contribution in [0.5, 0.6) is 5.75 Å². The number of nitrogens with one attached hydrogen (secondary N) is 2. The Morgan fingerprint density at radius 1 is 1.47 bits per heavy atom. The number of hydrogen-bond donors (Lipinski definition) is 3. The van der Waals surface area contributed by atoms with Gasteiger partial charge in [0.15, 0.2) is 0 Å². The highest BCUT2D eigenvalue weighted by molar-refractivity contribution is 6.06. The molecule has 0 aliphatic rings. The fourth-order valence-corrected chi connectivity index (χ4v) is 1.41. The first-order chi connectivity index (χ1) is 8.20. The lowest BCUT2D eigenvalue weighted by atomic mass is 10.1. The summed E-state index contributed by atoms with van der Waals surface area (Å²) in [5.74, 6) is 0.669. The van der Waals surface area contributed by atoms with Crippen molar-refractivity contribution in [2.45, 2.75) is 0 Å². The lowest BCUT2D eigenvalue weighted by Gasteiger charge is -2.08. The van der Waals surface area contributed by atoms with Gasteiger partial charge in [0.25, 0.3) is 5.91 Å². The predicted octanol–water partition coefficient (Wildman–Crippen LogP) is 1.25. The zero-order chi connectivity index (χ0) is 12.3. The van der Waals surface area contributed by atoms with Crippen molar-refractivity contribution in [1.82, 2.24) is 10.2 Å². The van der Waals surface area contributed by atoms with Crippen LogP contribution in [0.2, 0.25) is 0 Å². The van der Waals surface area contributed by atoms with E-state index in [1.54, 1.807) is 30.5 Å². The van der Waals surface area contributed by atoms with Gasteiger partial charge in [0.1, 0.15) is 11.6 Å². The van der Waals surface area contributed by atoms with Gasteiger partial charge in [0, 0.05) is 17.8 Å². The van der Waals surface area contributed by atoms with E-state index in [1.165, 1.54) is 7.11 Å². The average Bonchev–Trinajstić information content (AvgIpc) is 2.81. The number of H-pyrrole nitrogens is 1. The molecule has 0 bridgehead atoms. The molecule has 0 saturated heterocycles. The Bertz CT molecular complexity index is 522. The number of ether oxygens (including phenoxy) is 1. The Balaban J connectivity index is 2.24. The number of aromatic amines is 1. The molecule has 1 heterocycles. The third-order valence-corrected chi connectivity index (χ3v) is 2.22. The smallest absolute Gasteiger partial charge is 0.260 e. The number of carbonyl (C=O) groups is 1. The van der Waals surface area contributed by atoms with Crippen LogP contribution in [0.15, 0.2) is 30.5 Å². The fraction of sp³-hybridized carbons (Fsp3) is 0.0909. The first-order valence-corrected chi connectivity index (χ1v) is 4.95. The Hall–Kier alpha value is -2.50. The number of nitrogens with zero attached hydrogens (tertiary/aromatic N) is 1. The number of hydrogen-bond acceptors (Lipinski definition) is 4. The van der Waals surface area contributed by atoms with E-state index in [1.807, 2.05) is 0 Å². The zero-order valence-corrected chi connectivity index (χ0v) is 9.23. The standard InChI is InChI=1S/C11H12N4O2/c1-17-9-6-7(12)2-3-8(9)11(16)14-10-4-5-13-15-10/h2-6H,12H2,1H3,(H2,13,14,15,16). The van der Waals surface area contributed by atoms with Gasteiger partial charge in [-0.2, -0.15) is 5.10 Å². The minimum Gasteiger partial charge on any atom is -0.496 e. The molecule has 4 N–H and O–H groups in total. The van der Waals surface area contributed by atoms with Crippen molar-refractivity contribution >= 4 is 17.4 Å². The van der Waals surface area contributed by atoms with Crippen molar-refractivity contribution < 1.29 is 9.53 Å². The van der Waals surface area contributed by atoms with Gasteiger partial charge < -0.3 is 15.8 Å². The van der Waals surface area contributed by atoms with Crippen molar-refractivity contribution in [2.24, 2.45) is 0 Å². The molecule has 0 aliphatic carbocycles. The Labute approximate surface area is 97.8 Å². The number of benzene rings is 1. The molecule has 0 aliphatic heterocycles. The molecule has 2 aromatic rings. The van der Waals surface area contributed by atoms with E-state index in [9.17, 15) is 4.79 Å². The third-order valence-electron chi connectivity index (χ3n) is 2.22. The van der Waals surface area contributed by atoms with Gasteiger partial charge in [-0.25, -0.2) is 0 Å². The van der Waals surface area contributed by atoms with Crippen LogP contribution < -0.4 is 15.8 Å². The first-order valence-electron chi connectivity index (χ1n) is 4.95. The highest BCUT2D eigenvalue weighted by atomic mass is 16.5. The molecule has 1 amide bonds. The molecule has 6 heteroatoms. The number of amides is 1. The van der Waals surface area contributed by atoms with Crippen molar-refractivity contribution in [2.75, 3.05) is 18.2 Å². The second kappa shape index (κ2) is 4.56.